The Hall–Kier alpha value is -2.01. The van der Waals surface area contributed by atoms with Gasteiger partial charge in [0, 0.05) is 11.8 Å². The maximum absolute atomic E-state index is 5.71. The number of benzene rings is 2. The number of nitrogen functional groups attached to an aromatic ring is 1. The second kappa shape index (κ2) is 5.17. The normalized spacial score (nSPS) is 10.9. The molecule has 1 aromatic heterocycles. The first-order valence-electron chi connectivity index (χ1n) is 6.16. The summed E-state index contributed by atoms with van der Waals surface area (Å²) in [6.07, 6.45) is 0. The van der Waals surface area contributed by atoms with Crippen LogP contribution in [0.1, 0.15) is 11.5 Å². The van der Waals surface area contributed by atoms with Gasteiger partial charge in [-0.2, -0.15) is 0 Å². The van der Waals surface area contributed by atoms with Gasteiger partial charge in [0.05, 0.1) is 4.47 Å². The molecule has 5 heteroatoms. The fourth-order valence-corrected chi connectivity index (χ4v) is 2.52. The van der Waals surface area contributed by atoms with Crippen molar-refractivity contribution in [2.45, 2.75) is 13.5 Å². The van der Waals surface area contributed by atoms with Crippen molar-refractivity contribution in [1.82, 2.24) is 4.98 Å². The Labute approximate surface area is 124 Å². The predicted octanol–water partition coefficient (Wildman–Crippen LogP) is 4.06. The predicted molar refractivity (Wildman–Crippen MR) is 81.6 cm³/mol. The number of aryl methyl sites for hydroxylation is 1. The number of aromatic nitrogens is 1. The highest BCUT2D eigenvalue weighted by atomic mass is 79.9. The topological polar surface area (TPSA) is 61.3 Å². The molecule has 0 bridgehead atoms. The minimum Gasteiger partial charge on any atom is -0.483 e. The number of nitrogens with two attached hydrogens (primary N) is 1. The lowest BCUT2D eigenvalue weighted by molar-refractivity contribution is 0.265. The van der Waals surface area contributed by atoms with Crippen molar-refractivity contribution in [2.75, 3.05) is 5.73 Å². The number of anilines is 1. The lowest BCUT2D eigenvalue weighted by atomic mass is 10.2. The number of oxazole rings is 1. The summed E-state index contributed by atoms with van der Waals surface area (Å²) in [7, 11) is 0. The van der Waals surface area contributed by atoms with E-state index in [0.29, 0.717) is 17.2 Å². The fraction of sp³-hybridized carbons (Fsp3) is 0.133. The maximum Gasteiger partial charge on any atom is 0.233 e. The first-order valence-corrected chi connectivity index (χ1v) is 6.95. The van der Waals surface area contributed by atoms with E-state index < -0.39 is 0 Å². The summed E-state index contributed by atoms with van der Waals surface area (Å²) in [5.41, 5.74) is 8.98. The zero-order valence-electron chi connectivity index (χ0n) is 10.9. The summed E-state index contributed by atoms with van der Waals surface area (Å²) >= 11 is 3.47. The van der Waals surface area contributed by atoms with Gasteiger partial charge in [-0.25, -0.2) is 4.98 Å². The Morgan fingerprint density at radius 2 is 2.10 bits per heavy atom. The van der Waals surface area contributed by atoms with E-state index in [1.165, 1.54) is 5.56 Å². The van der Waals surface area contributed by atoms with E-state index in [4.69, 9.17) is 14.9 Å². The Balaban J connectivity index is 1.79. The minimum atomic E-state index is 0.274. The van der Waals surface area contributed by atoms with Gasteiger partial charge in [-0.05, 0) is 52.7 Å². The third kappa shape index (κ3) is 2.63. The zero-order chi connectivity index (χ0) is 14.1. The van der Waals surface area contributed by atoms with Crippen LogP contribution >= 0.6 is 15.9 Å². The van der Waals surface area contributed by atoms with Crippen molar-refractivity contribution in [2.24, 2.45) is 0 Å². The standard InChI is InChI=1S/C15H13BrN2O2/c1-9-2-5-13(11(16)6-9)19-8-15-18-12-4-3-10(17)7-14(12)20-15/h2-7H,8,17H2,1H3. The molecule has 20 heavy (non-hydrogen) atoms. The molecule has 0 amide bonds. The van der Waals surface area contributed by atoms with E-state index in [1.807, 2.05) is 31.2 Å². The van der Waals surface area contributed by atoms with Crippen molar-refractivity contribution in [3.8, 4) is 5.75 Å². The van der Waals surface area contributed by atoms with Crippen LogP contribution in [0.2, 0.25) is 0 Å². The molecular formula is C15H13BrN2O2. The van der Waals surface area contributed by atoms with Crippen molar-refractivity contribution >= 4 is 32.7 Å². The van der Waals surface area contributed by atoms with Gasteiger partial charge in [-0.15, -0.1) is 0 Å². The van der Waals surface area contributed by atoms with Crippen molar-refractivity contribution in [1.29, 1.82) is 0 Å². The Bertz CT molecular complexity index is 768. The van der Waals surface area contributed by atoms with E-state index in [1.54, 1.807) is 12.1 Å². The smallest absolute Gasteiger partial charge is 0.233 e. The fourth-order valence-electron chi connectivity index (χ4n) is 1.91. The number of halogens is 1. The summed E-state index contributed by atoms with van der Waals surface area (Å²) in [6, 6.07) is 11.3. The third-order valence-corrected chi connectivity index (χ3v) is 3.52. The highest BCUT2D eigenvalue weighted by molar-refractivity contribution is 9.10. The molecule has 0 aliphatic carbocycles. The monoisotopic (exact) mass is 332 g/mol. The largest absolute Gasteiger partial charge is 0.483 e. The van der Waals surface area contributed by atoms with Gasteiger partial charge >= 0.3 is 0 Å². The Kier molecular flexibility index (Phi) is 3.36. The van der Waals surface area contributed by atoms with Gasteiger partial charge in [-0.3, -0.25) is 0 Å². The average molecular weight is 333 g/mol. The van der Waals surface area contributed by atoms with Crippen LogP contribution in [0.15, 0.2) is 45.3 Å². The summed E-state index contributed by atoms with van der Waals surface area (Å²) in [6.45, 7) is 2.30. The molecule has 3 aromatic rings. The van der Waals surface area contributed by atoms with E-state index in [2.05, 4.69) is 20.9 Å². The van der Waals surface area contributed by atoms with Gasteiger partial charge in [0.2, 0.25) is 5.89 Å². The number of rotatable bonds is 3. The third-order valence-electron chi connectivity index (χ3n) is 2.90. The van der Waals surface area contributed by atoms with E-state index in [-0.39, 0.29) is 6.61 Å². The summed E-state index contributed by atoms with van der Waals surface area (Å²) in [4.78, 5) is 4.35. The zero-order valence-corrected chi connectivity index (χ0v) is 12.5. The molecule has 0 atom stereocenters. The molecule has 1 heterocycles. The lowest BCUT2D eigenvalue weighted by Crippen LogP contribution is -1.96. The number of hydrogen-bond donors (Lipinski definition) is 1. The second-order valence-corrected chi connectivity index (χ2v) is 5.41. The van der Waals surface area contributed by atoms with Gasteiger partial charge in [0.15, 0.2) is 12.2 Å². The van der Waals surface area contributed by atoms with Crippen LogP contribution in [0.25, 0.3) is 11.1 Å². The maximum atomic E-state index is 5.71. The molecule has 0 saturated carbocycles. The Morgan fingerprint density at radius 3 is 2.90 bits per heavy atom. The van der Waals surface area contributed by atoms with Crippen molar-refractivity contribution in [3.05, 3.63) is 52.3 Å². The molecule has 2 N–H and O–H groups in total. The number of hydrogen-bond acceptors (Lipinski definition) is 4. The number of fused-ring (bicyclic) bond motifs is 1. The summed E-state index contributed by atoms with van der Waals surface area (Å²) < 4.78 is 12.2. The first kappa shape index (κ1) is 13.0. The molecule has 0 saturated heterocycles. The molecule has 0 unspecified atom stereocenters. The molecule has 0 radical (unpaired) electrons. The van der Waals surface area contributed by atoms with Gasteiger partial charge in [0.1, 0.15) is 11.3 Å². The molecule has 0 aliphatic heterocycles. The number of nitrogens with zero attached hydrogens (tertiary/aromatic N) is 1. The molecule has 0 spiro atoms. The highest BCUT2D eigenvalue weighted by Gasteiger charge is 2.08. The van der Waals surface area contributed by atoms with Crippen molar-refractivity contribution < 1.29 is 9.15 Å². The SMILES string of the molecule is Cc1ccc(OCc2nc3ccc(N)cc3o2)c(Br)c1. The molecular weight excluding hydrogens is 320 g/mol. The van der Waals surface area contributed by atoms with Crippen LogP contribution in [-0.4, -0.2) is 4.98 Å². The molecule has 4 nitrogen and oxygen atoms in total. The molecule has 0 aliphatic rings. The number of ether oxygens (including phenoxy) is 1. The summed E-state index contributed by atoms with van der Waals surface area (Å²) in [5.74, 6) is 1.29. The molecule has 0 fully saturated rings. The minimum absolute atomic E-state index is 0.274. The van der Waals surface area contributed by atoms with Crippen LogP contribution in [0, 0.1) is 6.92 Å². The van der Waals surface area contributed by atoms with Gasteiger partial charge in [-0.1, -0.05) is 6.07 Å². The van der Waals surface area contributed by atoms with Crippen LogP contribution in [-0.2, 0) is 6.61 Å². The van der Waals surface area contributed by atoms with E-state index >= 15 is 0 Å². The van der Waals surface area contributed by atoms with Crippen LogP contribution in [0.3, 0.4) is 0 Å². The molecule has 2 aromatic carbocycles. The summed E-state index contributed by atoms with van der Waals surface area (Å²) in [5, 5.41) is 0. The highest BCUT2D eigenvalue weighted by Crippen LogP contribution is 2.27. The molecule has 3 rings (SSSR count). The van der Waals surface area contributed by atoms with E-state index in [0.717, 1.165) is 15.7 Å². The van der Waals surface area contributed by atoms with Gasteiger partial charge < -0.3 is 14.9 Å². The van der Waals surface area contributed by atoms with Crippen LogP contribution < -0.4 is 10.5 Å². The van der Waals surface area contributed by atoms with Crippen molar-refractivity contribution in [3.63, 3.8) is 0 Å². The molecule has 102 valence electrons. The van der Waals surface area contributed by atoms with Crippen LogP contribution in [0.4, 0.5) is 5.69 Å². The first-order chi connectivity index (χ1) is 9.61. The van der Waals surface area contributed by atoms with E-state index in [9.17, 15) is 0 Å². The Morgan fingerprint density at radius 1 is 1.25 bits per heavy atom. The van der Waals surface area contributed by atoms with Gasteiger partial charge in [0.25, 0.3) is 0 Å². The average Bonchev–Trinajstić information content (AvgIpc) is 2.79. The second-order valence-electron chi connectivity index (χ2n) is 4.56. The van der Waals surface area contributed by atoms with Crippen LogP contribution in [0.5, 0.6) is 5.75 Å². The quantitative estimate of drug-likeness (QED) is 0.734. The lowest BCUT2D eigenvalue weighted by Gasteiger charge is -2.06.